The van der Waals surface area contributed by atoms with Gasteiger partial charge in [0.25, 0.3) is 0 Å². The second-order valence-electron chi connectivity index (χ2n) is 5.36. The number of aromatic nitrogens is 2. The topological polar surface area (TPSA) is 29.3 Å². The molecule has 0 aromatic carbocycles. The van der Waals surface area contributed by atoms with Crippen molar-refractivity contribution in [3.63, 3.8) is 0 Å². The number of nitrogens with one attached hydrogen (secondary N) is 1. The second kappa shape index (κ2) is 3.57. The van der Waals surface area contributed by atoms with E-state index in [1.807, 2.05) is 7.05 Å². The number of hydrogen-bond acceptors (Lipinski definition) is 2. The molecule has 0 atom stereocenters. The molecule has 17 heavy (non-hydrogen) atoms. The van der Waals surface area contributed by atoms with Gasteiger partial charge in [-0.25, -0.2) is 4.98 Å². The molecule has 0 amide bonds. The summed E-state index contributed by atoms with van der Waals surface area (Å²) in [7, 11) is 1.99. The van der Waals surface area contributed by atoms with E-state index in [1.54, 1.807) is 0 Å². The first-order valence-corrected chi connectivity index (χ1v) is 6.32. The summed E-state index contributed by atoms with van der Waals surface area (Å²) in [6, 6.07) is 4.37. The van der Waals surface area contributed by atoms with Gasteiger partial charge < -0.3 is 9.72 Å². The van der Waals surface area contributed by atoms with Crippen LogP contribution in [0.25, 0.3) is 5.52 Å². The zero-order chi connectivity index (χ0) is 12.0. The number of pyridine rings is 1. The van der Waals surface area contributed by atoms with Crippen molar-refractivity contribution in [2.45, 2.75) is 38.6 Å². The van der Waals surface area contributed by atoms with Crippen molar-refractivity contribution in [2.24, 2.45) is 0 Å². The normalized spacial score (nSPS) is 15.5. The van der Waals surface area contributed by atoms with E-state index in [1.165, 1.54) is 29.6 Å². The standard InChI is InChI=1S/C14H19N3/c1-14(2,15-3)13-16-11-8-4-6-10-7-5-9-17(13)12(10)11/h5,7,9,15H,4,6,8H2,1-3H3. The molecule has 0 aliphatic heterocycles. The van der Waals surface area contributed by atoms with E-state index in [-0.39, 0.29) is 5.54 Å². The van der Waals surface area contributed by atoms with Gasteiger partial charge in [0.05, 0.1) is 16.7 Å². The largest absolute Gasteiger partial charge is 0.308 e. The lowest BCUT2D eigenvalue weighted by molar-refractivity contribution is 0.414. The molecule has 1 aliphatic rings. The van der Waals surface area contributed by atoms with Gasteiger partial charge in [0.15, 0.2) is 0 Å². The van der Waals surface area contributed by atoms with Crippen LogP contribution in [0.2, 0.25) is 0 Å². The highest BCUT2D eigenvalue weighted by Crippen LogP contribution is 2.29. The van der Waals surface area contributed by atoms with Crippen LogP contribution in [0.1, 0.15) is 37.4 Å². The molecular weight excluding hydrogens is 210 g/mol. The lowest BCUT2D eigenvalue weighted by atomic mass is 9.99. The molecule has 0 bridgehead atoms. The molecule has 1 N–H and O–H groups in total. The Bertz CT molecular complexity index is 566. The molecule has 3 heteroatoms. The van der Waals surface area contributed by atoms with E-state index >= 15 is 0 Å². The number of aryl methyl sites for hydroxylation is 2. The maximum Gasteiger partial charge on any atom is 0.133 e. The molecule has 0 radical (unpaired) electrons. The van der Waals surface area contributed by atoms with Crippen LogP contribution < -0.4 is 5.32 Å². The molecule has 0 saturated carbocycles. The summed E-state index contributed by atoms with van der Waals surface area (Å²) in [5.74, 6) is 1.12. The maximum absolute atomic E-state index is 4.86. The Hall–Kier alpha value is -1.35. The van der Waals surface area contributed by atoms with Crippen molar-refractivity contribution in [2.75, 3.05) is 7.05 Å². The van der Waals surface area contributed by atoms with E-state index in [0.29, 0.717) is 0 Å². The quantitative estimate of drug-likeness (QED) is 0.856. The highest BCUT2D eigenvalue weighted by molar-refractivity contribution is 5.62. The Morgan fingerprint density at radius 3 is 2.94 bits per heavy atom. The first-order chi connectivity index (χ1) is 8.13. The van der Waals surface area contributed by atoms with Gasteiger partial charge in [0.1, 0.15) is 5.82 Å². The number of hydrogen-bond donors (Lipinski definition) is 1. The predicted octanol–water partition coefficient (Wildman–Crippen LogP) is 2.28. The molecule has 0 unspecified atom stereocenters. The zero-order valence-electron chi connectivity index (χ0n) is 10.7. The first kappa shape index (κ1) is 10.8. The van der Waals surface area contributed by atoms with Crippen molar-refractivity contribution in [1.29, 1.82) is 0 Å². The lowest BCUT2D eigenvalue weighted by Gasteiger charge is -2.22. The fraction of sp³-hybridized carbons (Fsp3) is 0.500. The van der Waals surface area contributed by atoms with Gasteiger partial charge in [0, 0.05) is 6.20 Å². The monoisotopic (exact) mass is 229 g/mol. The third kappa shape index (κ3) is 1.49. The lowest BCUT2D eigenvalue weighted by Crippen LogP contribution is -2.35. The molecule has 3 nitrogen and oxygen atoms in total. The highest BCUT2D eigenvalue weighted by Gasteiger charge is 2.27. The SMILES string of the molecule is CNC(C)(C)c1nc2c3c(cccn13)CCC2. The van der Waals surface area contributed by atoms with Crippen LogP contribution in [0.5, 0.6) is 0 Å². The van der Waals surface area contributed by atoms with Crippen LogP contribution >= 0.6 is 0 Å². The van der Waals surface area contributed by atoms with Crippen molar-refractivity contribution in [1.82, 2.24) is 14.7 Å². The van der Waals surface area contributed by atoms with Gasteiger partial charge in [-0.05, 0) is 51.8 Å². The van der Waals surface area contributed by atoms with E-state index in [4.69, 9.17) is 4.98 Å². The minimum absolute atomic E-state index is 0.0931. The Morgan fingerprint density at radius 2 is 2.18 bits per heavy atom. The molecular formula is C14H19N3. The average Bonchev–Trinajstić information content (AvgIpc) is 2.72. The smallest absolute Gasteiger partial charge is 0.133 e. The van der Waals surface area contributed by atoms with E-state index in [2.05, 4.69) is 41.9 Å². The van der Waals surface area contributed by atoms with Gasteiger partial charge in [-0.2, -0.15) is 0 Å². The molecule has 0 fully saturated rings. The van der Waals surface area contributed by atoms with Crippen molar-refractivity contribution in [3.05, 3.63) is 35.4 Å². The highest BCUT2D eigenvalue weighted by atomic mass is 15.1. The van der Waals surface area contributed by atoms with Gasteiger partial charge in [0.2, 0.25) is 0 Å². The van der Waals surface area contributed by atoms with Crippen molar-refractivity contribution < 1.29 is 0 Å². The molecule has 2 aromatic heterocycles. The molecule has 2 aromatic rings. The van der Waals surface area contributed by atoms with Crippen LogP contribution in [-0.4, -0.2) is 16.4 Å². The Morgan fingerprint density at radius 1 is 1.35 bits per heavy atom. The second-order valence-corrected chi connectivity index (χ2v) is 5.36. The van der Waals surface area contributed by atoms with E-state index < -0.39 is 0 Å². The van der Waals surface area contributed by atoms with Crippen LogP contribution in [0.4, 0.5) is 0 Å². The number of rotatable bonds is 2. The van der Waals surface area contributed by atoms with Gasteiger partial charge in [-0.1, -0.05) is 6.07 Å². The zero-order valence-corrected chi connectivity index (χ0v) is 10.7. The summed E-state index contributed by atoms with van der Waals surface area (Å²) in [6.07, 6.45) is 5.65. The van der Waals surface area contributed by atoms with Crippen LogP contribution in [-0.2, 0) is 18.4 Å². The summed E-state index contributed by atoms with van der Waals surface area (Å²) >= 11 is 0. The fourth-order valence-corrected chi connectivity index (χ4v) is 2.66. The average molecular weight is 229 g/mol. The summed E-state index contributed by atoms with van der Waals surface area (Å²) < 4.78 is 2.26. The third-order valence-corrected chi connectivity index (χ3v) is 3.86. The Balaban J connectivity index is 2.33. The van der Waals surface area contributed by atoms with E-state index in [0.717, 1.165) is 12.2 Å². The molecule has 1 aliphatic carbocycles. The third-order valence-electron chi connectivity index (χ3n) is 3.86. The summed E-state index contributed by atoms with van der Waals surface area (Å²) in [5.41, 5.74) is 3.96. The maximum atomic E-state index is 4.86. The Kier molecular flexibility index (Phi) is 2.26. The number of nitrogens with zero attached hydrogens (tertiary/aromatic N) is 2. The molecule has 0 saturated heterocycles. The van der Waals surface area contributed by atoms with Gasteiger partial charge in [-0.3, -0.25) is 0 Å². The van der Waals surface area contributed by atoms with Crippen LogP contribution in [0, 0.1) is 0 Å². The molecule has 0 spiro atoms. The van der Waals surface area contributed by atoms with Crippen molar-refractivity contribution >= 4 is 5.52 Å². The summed E-state index contributed by atoms with van der Waals surface area (Å²) in [6.45, 7) is 4.35. The molecule has 90 valence electrons. The Labute approximate surface area is 102 Å². The van der Waals surface area contributed by atoms with E-state index in [9.17, 15) is 0 Å². The predicted molar refractivity (Wildman–Crippen MR) is 69.3 cm³/mol. The number of imidazole rings is 1. The molecule has 3 rings (SSSR count). The molecule has 2 heterocycles. The van der Waals surface area contributed by atoms with Crippen LogP contribution in [0.3, 0.4) is 0 Å². The first-order valence-electron chi connectivity index (χ1n) is 6.32. The van der Waals surface area contributed by atoms with Crippen molar-refractivity contribution in [3.8, 4) is 0 Å². The minimum atomic E-state index is -0.0931. The fourth-order valence-electron chi connectivity index (χ4n) is 2.66. The minimum Gasteiger partial charge on any atom is -0.308 e. The van der Waals surface area contributed by atoms with Crippen LogP contribution in [0.15, 0.2) is 18.3 Å². The summed E-state index contributed by atoms with van der Waals surface area (Å²) in [4.78, 5) is 4.86. The van der Waals surface area contributed by atoms with Gasteiger partial charge in [-0.15, -0.1) is 0 Å². The van der Waals surface area contributed by atoms with Gasteiger partial charge >= 0.3 is 0 Å². The summed E-state index contributed by atoms with van der Waals surface area (Å²) in [5, 5.41) is 3.34.